The van der Waals surface area contributed by atoms with Crippen molar-refractivity contribution in [2.75, 3.05) is 0 Å². The van der Waals surface area contributed by atoms with Gasteiger partial charge >= 0.3 is 0 Å². The molecule has 0 atom stereocenters. The molecule has 5 rings (SSSR count). The number of aryl methyl sites for hydroxylation is 1. The molecule has 0 spiro atoms. The first-order valence-corrected chi connectivity index (χ1v) is 10.8. The van der Waals surface area contributed by atoms with Gasteiger partial charge in [-0.1, -0.05) is 36.0 Å². The number of rotatable bonds is 4. The summed E-state index contributed by atoms with van der Waals surface area (Å²) in [5, 5.41) is 0.635. The van der Waals surface area contributed by atoms with Crippen molar-refractivity contribution in [3.05, 3.63) is 100 Å². The molecule has 3 aromatic carbocycles. The normalized spacial score (nSPS) is 11.3. The van der Waals surface area contributed by atoms with Crippen LogP contribution in [0.4, 0.5) is 8.78 Å². The Morgan fingerprint density at radius 3 is 2.31 bits per heavy atom. The van der Waals surface area contributed by atoms with Crippen LogP contribution in [0.1, 0.15) is 11.4 Å². The van der Waals surface area contributed by atoms with Crippen LogP contribution >= 0.6 is 11.8 Å². The maximum atomic E-state index is 14.6. The van der Waals surface area contributed by atoms with Crippen molar-refractivity contribution >= 4 is 33.7 Å². The third-order valence-corrected chi connectivity index (χ3v) is 6.03. The van der Waals surface area contributed by atoms with Gasteiger partial charge in [-0.2, -0.15) is 0 Å². The van der Waals surface area contributed by atoms with E-state index in [-0.39, 0.29) is 10.8 Å². The van der Waals surface area contributed by atoms with E-state index in [2.05, 4.69) is 15.0 Å². The molecule has 8 heteroatoms. The van der Waals surface area contributed by atoms with E-state index in [1.807, 2.05) is 31.2 Å². The van der Waals surface area contributed by atoms with Crippen LogP contribution in [-0.2, 0) is 5.75 Å². The van der Waals surface area contributed by atoms with Crippen molar-refractivity contribution in [3.8, 4) is 5.69 Å². The summed E-state index contributed by atoms with van der Waals surface area (Å²) in [5.41, 5.74) is 3.08. The standard InChI is InChI=1S/C24H16F2N4OS/c1-14-21(28-20-9-5-4-8-19(20)27-14)13-32-24-29-18-7-3-2-6-16(18)23(31)30(24)22-11-10-15(25)12-17(22)26/h2-12H,13H2,1H3. The third-order valence-electron chi connectivity index (χ3n) is 5.08. The van der Waals surface area contributed by atoms with Crippen LogP contribution in [-0.4, -0.2) is 19.5 Å². The number of fused-ring (bicyclic) bond motifs is 2. The SMILES string of the molecule is Cc1nc2ccccc2nc1CSc1nc2ccccc2c(=O)n1-c1ccc(F)cc1F. The second-order valence-corrected chi connectivity index (χ2v) is 8.12. The highest BCUT2D eigenvalue weighted by atomic mass is 32.2. The maximum absolute atomic E-state index is 14.6. The van der Waals surface area contributed by atoms with E-state index in [0.29, 0.717) is 16.7 Å². The van der Waals surface area contributed by atoms with E-state index < -0.39 is 17.2 Å². The summed E-state index contributed by atoms with van der Waals surface area (Å²) in [7, 11) is 0. The molecule has 5 aromatic rings. The second-order valence-electron chi connectivity index (χ2n) is 7.18. The molecular weight excluding hydrogens is 430 g/mol. The summed E-state index contributed by atoms with van der Waals surface area (Å²) in [4.78, 5) is 27.1. The van der Waals surface area contributed by atoms with Gasteiger partial charge in [0.05, 0.1) is 39.0 Å². The first-order valence-electron chi connectivity index (χ1n) is 9.83. The lowest BCUT2D eigenvalue weighted by atomic mass is 10.2. The highest BCUT2D eigenvalue weighted by Crippen LogP contribution is 2.27. The molecule has 32 heavy (non-hydrogen) atoms. The minimum Gasteiger partial charge on any atom is -0.268 e. The maximum Gasteiger partial charge on any atom is 0.266 e. The smallest absolute Gasteiger partial charge is 0.266 e. The average molecular weight is 446 g/mol. The summed E-state index contributed by atoms with van der Waals surface area (Å²) in [6, 6.07) is 17.6. The zero-order chi connectivity index (χ0) is 22.2. The number of thioether (sulfide) groups is 1. The Bertz CT molecular complexity index is 1550. The third kappa shape index (κ3) is 3.62. The molecule has 0 fully saturated rings. The molecule has 158 valence electrons. The molecule has 0 aliphatic rings. The summed E-state index contributed by atoms with van der Waals surface area (Å²) < 4.78 is 29.3. The van der Waals surface area contributed by atoms with Gasteiger partial charge < -0.3 is 0 Å². The number of halogens is 2. The van der Waals surface area contributed by atoms with E-state index in [0.717, 1.165) is 34.6 Å². The fraction of sp³-hybridized carbons (Fsp3) is 0.0833. The fourth-order valence-electron chi connectivity index (χ4n) is 3.48. The molecular formula is C24H16F2N4OS. The Labute approximate surface area is 185 Å². The van der Waals surface area contributed by atoms with Crippen LogP contribution in [0.5, 0.6) is 0 Å². The number of hydrogen-bond acceptors (Lipinski definition) is 5. The van der Waals surface area contributed by atoms with Gasteiger partial charge in [-0.3, -0.25) is 9.36 Å². The summed E-state index contributed by atoms with van der Waals surface area (Å²) in [5.74, 6) is -1.19. The average Bonchev–Trinajstić information content (AvgIpc) is 2.78. The van der Waals surface area contributed by atoms with E-state index in [1.54, 1.807) is 24.3 Å². The van der Waals surface area contributed by atoms with Crippen molar-refractivity contribution in [1.82, 2.24) is 19.5 Å². The number of para-hydroxylation sites is 3. The predicted octanol–water partition coefficient (Wildman–Crippen LogP) is 5.21. The number of aromatic nitrogens is 4. The summed E-state index contributed by atoms with van der Waals surface area (Å²) in [6.07, 6.45) is 0. The van der Waals surface area contributed by atoms with Crippen LogP contribution in [0.25, 0.3) is 27.6 Å². The van der Waals surface area contributed by atoms with Crippen LogP contribution in [0, 0.1) is 18.6 Å². The first-order chi connectivity index (χ1) is 15.5. The van der Waals surface area contributed by atoms with Crippen LogP contribution in [0.15, 0.2) is 76.7 Å². The molecule has 0 bridgehead atoms. The zero-order valence-electron chi connectivity index (χ0n) is 16.9. The summed E-state index contributed by atoms with van der Waals surface area (Å²) >= 11 is 1.25. The molecule has 0 radical (unpaired) electrons. The summed E-state index contributed by atoms with van der Waals surface area (Å²) in [6.45, 7) is 1.87. The molecule has 0 saturated carbocycles. The van der Waals surface area contributed by atoms with E-state index in [9.17, 15) is 13.6 Å². The van der Waals surface area contributed by atoms with Gasteiger partial charge in [0.15, 0.2) is 5.16 Å². The molecule has 0 N–H and O–H groups in total. The topological polar surface area (TPSA) is 60.7 Å². The number of nitrogens with zero attached hydrogens (tertiary/aromatic N) is 4. The zero-order valence-corrected chi connectivity index (χ0v) is 17.7. The quantitative estimate of drug-likeness (QED) is 0.280. The Balaban J connectivity index is 1.63. The highest BCUT2D eigenvalue weighted by Gasteiger charge is 2.17. The molecule has 2 heterocycles. The Morgan fingerprint density at radius 1 is 0.875 bits per heavy atom. The lowest BCUT2D eigenvalue weighted by Crippen LogP contribution is -2.22. The van der Waals surface area contributed by atoms with E-state index >= 15 is 0 Å². The Kier molecular flexibility index (Phi) is 5.14. The van der Waals surface area contributed by atoms with Crippen molar-refractivity contribution < 1.29 is 8.78 Å². The predicted molar refractivity (Wildman–Crippen MR) is 121 cm³/mol. The van der Waals surface area contributed by atoms with Gasteiger partial charge in [-0.25, -0.2) is 23.7 Å². The second kappa shape index (κ2) is 8.12. The van der Waals surface area contributed by atoms with Crippen molar-refractivity contribution in [2.24, 2.45) is 0 Å². The molecule has 0 aliphatic carbocycles. The van der Waals surface area contributed by atoms with Crippen molar-refractivity contribution in [3.63, 3.8) is 0 Å². The number of benzene rings is 3. The van der Waals surface area contributed by atoms with Gasteiger partial charge in [0.25, 0.3) is 5.56 Å². The first kappa shape index (κ1) is 20.3. The van der Waals surface area contributed by atoms with Gasteiger partial charge in [0.1, 0.15) is 11.6 Å². The number of hydrogen-bond donors (Lipinski definition) is 0. The monoisotopic (exact) mass is 446 g/mol. The minimum atomic E-state index is -0.840. The van der Waals surface area contributed by atoms with Gasteiger partial charge in [0, 0.05) is 11.8 Å². The lowest BCUT2D eigenvalue weighted by Gasteiger charge is -2.14. The minimum absolute atomic E-state index is 0.0570. The van der Waals surface area contributed by atoms with Gasteiger partial charge in [-0.05, 0) is 43.3 Å². The molecule has 2 aromatic heterocycles. The van der Waals surface area contributed by atoms with Gasteiger partial charge in [0.2, 0.25) is 0 Å². The van der Waals surface area contributed by atoms with Crippen LogP contribution in [0.2, 0.25) is 0 Å². The van der Waals surface area contributed by atoms with Gasteiger partial charge in [-0.15, -0.1) is 0 Å². The van der Waals surface area contributed by atoms with Crippen LogP contribution < -0.4 is 5.56 Å². The highest BCUT2D eigenvalue weighted by molar-refractivity contribution is 7.98. The molecule has 5 nitrogen and oxygen atoms in total. The molecule has 0 amide bonds. The van der Waals surface area contributed by atoms with E-state index in [4.69, 9.17) is 0 Å². The Morgan fingerprint density at radius 2 is 1.56 bits per heavy atom. The molecule has 0 saturated heterocycles. The van der Waals surface area contributed by atoms with Crippen molar-refractivity contribution in [2.45, 2.75) is 17.8 Å². The fourth-order valence-corrected chi connectivity index (χ4v) is 4.49. The Hall–Kier alpha value is -3.65. The van der Waals surface area contributed by atoms with E-state index in [1.165, 1.54) is 22.4 Å². The van der Waals surface area contributed by atoms with Crippen molar-refractivity contribution in [1.29, 1.82) is 0 Å². The largest absolute Gasteiger partial charge is 0.268 e. The lowest BCUT2D eigenvalue weighted by molar-refractivity contribution is 0.572. The molecule has 0 aliphatic heterocycles. The molecule has 0 unspecified atom stereocenters. The van der Waals surface area contributed by atoms with Crippen LogP contribution in [0.3, 0.4) is 0 Å².